The highest BCUT2D eigenvalue weighted by atomic mass is 19.2. The van der Waals surface area contributed by atoms with Crippen LogP contribution in [0.15, 0.2) is 42.5 Å². The Balaban J connectivity index is 1.68. The molecule has 26 heavy (non-hydrogen) atoms. The van der Waals surface area contributed by atoms with Crippen molar-refractivity contribution in [3.63, 3.8) is 0 Å². The number of hydrogen-bond donors (Lipinski definition) is 0. The molecule has 7 heteroatoms. The lowest BCUT2D eigenvalue weighted by atomic mass is 10.0. The van der Waals surface area contributed by atoms with Gasteiger partial charge >= 0.3 is 0 Å². The monoisotopic (exact) mass is 359 g/mol. The van der Waals surface area contributed by atoms with Crippen molar-refractivity contribution < 1.29 is 18.0 Å². The Kier molecular flexibility index (Phi) is 5.24. The maximum atomic E-state index is 14.0. The van der Waals surface area contributed by atoms with E-state index >= 15 is 0 Å². The van der Waals surface area contributed by atoms with E-state index in [-0.39, 0.29) is 5.56 Å². The van der Waals surface area contributed by atoms with Gasteiger partial charge in [0, 0.05) is 37.3 Å². The van der Waals surface area contributed by atoms with E-state index in [4.69, 9.17) is 0 Å². The van der Waals surface area contributed by atoms with Crippen LogP contribution in [0.2, 0.25) is 0 Å². The van der Waals surface area contributed by atoms with E-state index in [1.807, 2.05) is 0 Å². The van der Waals surface area contributed by atoms with Crippen molar-refractivity contribution in [3.8, 4) is 6.07 Å². The summed E-state index contributed by atoms with van der Waals surface area (Å²) in [5.74, 6) is -2.92. The molecular formula is C19H16F3N3O. The number of halogens is 3. The first kappa shape index (κ1) is 18.0. The summed E-state index contributed by atoms with van der Waals surface area (Å²) < 4.78 is 40.3. The van der Waals surface area contributed by atoms with Crippen LogP contribution in [0.5, 0.6) is 0 Å². The molecule has 134 valence electrons. The largest absolute Gasteiger partial charge is 0.336 e. The van der Waals surface area contributed by atoms with Crippen molar-refractivity contribution in [1.29, 1.82) is 5.26 Å². The van der Waals surface area contributed by atoms with Crippen molar-refractivity contribution in [1.82, 2.24) is 9.80 Å². The predicted molar refractivity (Wildman–Crippen MR) is 88.6 cm³/mol. The molecule has 2 aromatic carbocycles. The van der Waals surface area contributed by atoms with Crippen LogP contribution in [0.25, 0.3) is 0 Å². The maximum absolute atomic E-state index is 14.0. The van der Waals surface area contributed by atoms with Gasteiger partial charge in [0.2, 0.25) is 0 Å². The van der Waals surface area contributed by atoms with Gasteiger partial charge in [0.15, 0.2) is 11.6 Å². The Hall–Kier alpha value is -2.85. The molecule has 0 aromatic heterocycles. The molecule has 1 aliphatic heterocycles. The average Bonchev–Trinajstić information content (AvgIpc) is 2.66. The molecular weight excluding hydrogens is 343 g/mol. The fourth-order valence-electron chi connectivity index (χ4n) is 3.04. The van der Waals surface area contributed by atoms with E-state index in [9.17, 15) is 23.2 Å². The molecule has 1 fully saturated rings. The fourth-order valence-corrected chi connectivity index (χ4v) is 3.04. The smallest absolute Gasteiger partial charge is 0.254 e. The highest BCUT2D eigenvalue weighted by Crippen LogP contribution is 2.24. The zero-order chi connectivity index (χ0) is 18.7. The molecule has 0 bridgehead atoms. The van der Waals surface area contributed by atoms with Gasteiger partial charge in [-0.1, -0.05) is 18.2 Å². The third-order valence-electron chi connectivity index (χ3n) is 4.46. The quantitative estimate of drug-likeness (QED) is 0.846. The lowest BCUT2D eigenvalue weighted by Crippen LogP contribution is -2.49. The second kappa shape index (κ2) is 7.58. The molecule has 1 aliphatic rings. The van der Waals surface area contributed by atoms with E-state index in [2.05, 4.69) is 6.07 Å². The number of hydrogen-bond acceptors (Lipinski definition) is 3. The van der Waals surface area contributed by atoms with Crippen LogP contribution in [0.3, 0.4) is 0 Å². The summed E-state index contributed by atoms with van der Waals surface area (Å²) in [5.41, 5.74) is 0.374. The summed E-state index contributed by atoms with van der Waals surface area (Å²) >= 11 is 0. The van der Waals surface area contributed by atoms with Gasteiger partial charge in [0.25, 0.3) is 5.91 Å². The Labute approximate surface area is 149 Å². The average molecular weight is 359 g/mol. The number of nitriles is 1. The van der Waals surface area contributed by atoms with E-state index < -0.39 is 29.4 Å². The predicted octanol–water partition coefficient (Wildman–Crippen LogP) is 3.13. The highest BCUT2D eigenvalue weighted by Gasteiger charge is 2.29. The summed E-state index contributed by atoms with van der Waals surface area (Å²) in [6.45, 7) is 1.37. The fraction of sp³-hybridized carbons (Fsp3) is 0.263. The number of rotatable bonds is 3. The van der Waals surface area contributed by atoms with Gasteiger partial charge in [-0.15, -0.1) is 0 Å². The molecule has 0 saturated carbocycles. The molecule has 1 heterocycles. The first-order valence-corrected chi connectivity index (χ1v) is 8.13. The highest BCUT2D eigenvalue weighted by molar-refractivity contribution is 5.94. The summed E-state index contributed by atoms with van der Waals surface area (Å²) in [6, 6.07) is 10.5. The molecule has 0 spiro atoms. The topological polar surface area (TPSA) is 47.3 Å². The Morgan fingerprint density at radius 1 is 0.962 bits per heavy atom. The summed E-state index contributed by atoms with van der Waals surface area (Å²) in [5, 5.41) is 9.45. The molecule has 0 aliphatic carbocycles. The van der Waals surface area contributed by atoms with Crippen molar-refractivity contribution in [2.24, 2.45) is 0 Å². The number of nitrogens with zero attached hydrogens (tertiary/aromatic N) is 3. The van der Waals surface area contributed by atoms with Crippen molar-refractivity contribution >= 4 is 5.91 Å². The molecule has 1 unspecified atom stereocenters. The molecule has 4 nitrogen and oxygen atoms in total. The lowest BCUT2D eigenvalue weighted by Gasteiger charge is -2.37. The third kappa shape index (κ3) is 3.55. The van der Waals surface area contributed by atoms with Crippen LogP contribution in [-0.4, -0.2) is 41.9 Å². The van der Waals surface area contributed by atoms with Crippen LogP contribution in [-0.2, 0) is 0 Å². The van der Waals surface area contributed by atoms with Gasteiger partial charge in [-0.2, -0.15) is 5.26 Å². The number of carbonyl (C=O) groups is 1. The molecule has 0 N–H and O–H groups in total. The maximum Gasteiger partial charge on any atom is 0.254 e. The van der Waals surface area contributed by atoms with Crippen LogP contribution in [0.4, 0.5) is 13.2 Å². The van der Waals surface area contributed by atoms with Crippen LogP contribution in [0.1, 0.15) is 22.0 Å². The third-order valence-corrected chi connectivity index (χ3v) is 4.46. The van der Waals surface area contributed by atoms with Gasteiger partial charge in [-0.05, 0) is 24.3 Å². The minimum absolute atomic E-state index is 0.0725. The molecule has 1 atom stereocenters. The van der Waals surface area contributed by atoms with Crippen LogP contribution < -0.4 is 0 Å². The molecule has 0 radical (unpaired) electrons. The molecule has 1 saturated heterocycles. The normalized spacial score (nSPS) is 16.2. The number of piperazine rings is 1. The number of benzene rings is 2. The minimum Gasteiger partial charge on any atom is -0.336 e. The Morgan fingerprint density at radius 2 is 1.65 bits per heavy atom. The molecule has 1 amide bonds. The molecule has 3 rings (SSSR count). The number of carbonyl (C=O) groups excluding carboxylic acids is 1. The van der Waals surface area contributed by atoms with Gasteiger partial charge in [-0.25, -0.2) is 13.2 Å². The van der Waals surface area contributed by atoms with E-state index in [0.29, 0.717) is 31.7 Å². The van der Waals surface area contributed by atoms with Crippen LogP contribution >= 0.6 is 0 Å². The van der Waals surface area contributed by atoms with Crippen molar-refractivity contribution in [2.75, 3.05) is 26.2 Å². The minimum atomic E-state index is -1.07. The van der Waals surface area contributed by atoms with Gasteiger partial charge in [0.1, 0.15) is 11.9 Å². The standard InChI is InChI=1S/C19H16F3N3O/c20-15-4-2-1-3-14(15)18(12-23)24-7-9-25(10-8-24)19(26)13-5-6-16(21)17(22)11-13/h1-6,11,18H,7-10H2. The van der Waals surface area contributed by atoms with Crippen molar-refractivity contribution in [3.05, 3.63) is 71.0 Å². The summed E-state index contributed by atoms with van der Waals surface area (Å²) in [6.07, 6.45) is 0. The van der Waals surface area contributed by atoms with Crippen LogP contribution in [0, 0.1) is 28.8 Å². The zero-order valence-electron chi connectivity index (χ0n) is 13.8. The van der Waals surface area contributed by atoms with Crippen molar-refractivity contribution in [2.45, 2.75) is 6.04 Å². The Morgan fingerprint density at radius 3 is 2.27 bits per heavy atom. The lowest BCUT2D eigenvalue weighted by molar-refractivity contribution is 0.0603. The number of amides is 1. The van der Waals surface area contributed by atoms with Gasteiger partial charge < -0.3 is 4.90 Å². The summed E-state index contributed by atoms with van der Waals surface area (Å²) in [7, 11) is 0. The van der Waals surface area contributed by atoms with E-state index in [0.717, 1.165) is 12.1 Å². The Bertz CT molecular complexity index is 857. The second-order valence-corrected chi connectivity index (χ2v) is 6.01. The molecule has 2 aromatic rings. The zero-order valence-corrected chi connectivity index (χ0v) is 13.8. The first-order chi connectivity index (χ1) is 12.5. The van der Waals surface area contributed by atoms with E-state index in [1.165, 1.54) is 17.0 Å². The first-order valence-electron chi connectivity index (χ1n) is 8.13. The second-order valence-electron chi connectivity index (χ2n) is 6.01. The van der Waals surface area contributed by atoms with Gasteiger partial charge in [0.05, 0.1) is 6.07 Å². The summed E-state index contributed by atoms with van der Waals surface area (Å²) in [4.78, 5) is 15.7. The van der Waals surface area contributed by atoms with E-state index in [1.54, 1.807) is 23.1 Å². The van der Waals surface area contributed by atoms with Gasteiger partial charge in [-0.3, -0.25) is 9.69 Å². The SMILES string of the molecule is N#CC(c1ccccc1F)N1CCN(C(=O)c2ccc(F)c(F)c2)CC1.